The third kappa shape index (κ3) is 5.44. The number of rotatable bonds is 7. The van der Waals surface area contributed by atoms with Crippen LogP contribution in [0.3, 0.4) is 0 Å². The molecule has 39 heavy (non-hydrogen) atoms. The fourth-order valence-corrected chi connectivity index (χ4v) is 5.32. The minimum atomic E-state index is -4.61. The van der Waals surface area contributed by atoms with Crippen molar-refractivity contribution in [1.82, 2.24) is 4.90 Å². The highest BCUT2D eigenvalue weighted by Gasteiger charge is 2.61. The van der Waals surface area contributed by atoms with Crippen molar-refractivity contribution in [3.63, 3.8) is 0 Å². The van der Waals surface area contributed by atoms with Gasteiger partial charge in [-0.05, 0) is 31.1 Å². The molecule has 1 aliphatic carbocycles. The third-order valence-electron chi connectivity index (χ3n) is 6.07. The first-order chi connectivity index (χ1) is 18.5. The molecule has 0 saturated carbocycles. The number of hydrogen-bond donors (Lipinski definition) is 1. The second-order valence-corrected chi connectivity index (χ2v) is 9.62. The molecule has 1 N–H and O–H groups in total. The number of anilines is 1. The zero-order valence-corrected chi connectivity index (χ0v) is 21.6. The van der Waals surface area contributed by atoms with Crippen molar-refractivity contribution in [2.24, 2.45) is 0 Å². The quantitative estimate of drug-likeness (QED) is 0.443. The summed E-state index contributed by atoms with van der Waals surface area (Å²) in [6.07, 6.45) is 2.34. The number of carbonyl (C=O) groups is 2. The highest BCUT2D eigenvalue weighted by atomic mass is 32.1. The third-order valence-corrected chi connectivity index (χ3v) is 7.20. The summed E-state index contributed by atoms with van der Waals surface area (Å²) in [5, 5.41) is 12.7. The van der Waals surface area contributed by atoms with Gasteiger partial charge >= 0.3 is 17.9 Å². The Morgan fingerprint density at radius 2 is 2.03 bits per heavy atom. The van der Waals surface area contributed by atoms with Crippen LogP contribution in [-0.4, -0.2) is 49.0 Å². The molecular weight excluding hydrogens is 546 g/mol. The number of ether oxygens (including phenoxy) is 4. The standard InChI is InChI=1S/C25H23F4N3O6S/c1-3-36-23(34)32-9-7-15-16(10-30)22(39-19(15)11-32)31-20(33)5-4-14-12-38-18(13-37-14)21-17(35-2)6-8-24(26,27)25(21,28)29/h6,8,12-13H,3-5,7,9,11H2,1-2H3,(H,31,33). The zero-order valence-electron chi connectivity index (χ0n) is 20.8. The van der Waals surface area contributed by atoms with Crippen molar-refractivity contribution >= 4 is 28.3 Å². The van der Waals surface area contributed by atoms with Crippen LogP contribution in [0.5, 0.6) is 0 Å². The van der Waals surface area contributed by atoms with Gasteiger partial charge in [0.2, 0.25) is 5.91 Å². The molecule has 3 heterocycles. The maximum absolute atomic E-state index is 14.4. The van der Waals surface area contributed by atoms with E-state index < -0.39 is 40.9 Å². The highest BCUT2D eigenvalue weighted by Crippen LogP contribution is 2.48. The van der Waals surface area contributed by atoms with E-state index in [4.69, 9.17) is 18.9 Å². The Labute approximate surface area is 224 Å². The summed E-state index contributed by atoms with van der Waals surface area (Å²) in [4.78, 5) is 26.9. The molecule has 2 amide bonds. The van der Waals surface area contributed by atoms with E-state index >= 15 is 0 Å². The number of nitriles is 1. The topological polar surface area (TPSA) is 110 Å². The molecule has 0 spiro atoms. The molecule has 0 aromatic carbocycles. The van der Waals surface area contributed by atoms with Crippen LogP contribution in [0.2, 0.25) is 0 Å². The predicted molar refractivity (Wildman–Crippen MR) is 129 cm³/mol. The van der Waals surface area contributed by atoms with Crippen LogP contribution in [0.4, 0.5) is 27.4 Å². The first kappa shape index (κ1) is 28.0. The highest BCUT2D eigenvalue weighted by molar-refractivity contribution is 7.16. The number of halogens is 4. The van der Waals surface area contributed by atoms with Gasteiger partial charge in [-0.3, -0.25) is 4.79 Å². The summed E-state index contributed by atoms with van der Waals surface area (Å²) in [5.74, 6) is -10.6. The number of amides is 2. The van der Waals surface area contributed by atoms with Gasteiger partial charge in [0.15, 0.2) is 5.76 Å². The molecule has 0 fully saturated rings. The van der Waals surface area contributed by atoms with Crippen molar-refractivity contribution in [1.29, 1.82) is 5.26 Å². The van der Waals surface area contributed by atoms with E-state index in [1.54, 1.807) is 6.92 Å². The van der Waals surface area contributed by atoms with Gasteiger partial charge in [0.25, 0.3) is 0 Å². The van der Waals surface area contributed by atoms with E-state index in [1.165, 1.54) is 16.2 Å². The molecule has 1 aromatic heterocycles. The summed E-state index contributed by atoms with van der Waals surface area (Å²) >= 11 is 1.19. The maximum Gasteiger partial charge on any atom is 0.410 e. The van der Waals surface area contributed by atoms with E-state index in [9.17, 15) is 32.4 Å². The van der Waals surface area contributed by atoms with Gasteiger partial charge in [-0.1, -0.05) is 0 Å². The Hall–Kier alpha value is -3.99. The average Bonchev–Trinajstić information content (AvgIpc) is 3.25. The number of allylic oxidation sites excluding steroid dienone is 4. The monoisotopic (exact) mass is 569 g/mol. The predicted octanol–water partition coefficient (Wildman–Crippen LogP) is 5.32. The minimum Gasteiger partial charge on any atom is -0.496 e. The molecule has 1 aromatic rings. The van der Waals surface area contributed by atoms with Gasteiger partial charge in [-0.2, -0.15) is 22.8 Å². The van der Waals surface area contributed by atoms with Crippen molar-refractivity contribution < 1.29 is 46.1 Å². The summed E-state index contributed by atoms with van der Waals surface area (Å²) in [7, 11) is 1.06. The fraction of sp³-hybridized carbons (Fsp3) is 0.400. The molecule has 0 atom stereocenters. The number of fused-ring (bicyclic) bond motifs is 1. The van der Waals surface area contributed by atoms with Crippen LogP contribution >= 0.6 is 11.3 Å². The number of methoxy groups -OCH3 is 1. The first-order valence-electron chi connectivity index (χ1n) is 11.7. The van der Waals surface area contributed by atoms with Crippen molar-refractivity contribution in [3.8, 4) is 6.07 Å². The van der Waals surface area contributed by atoms with Crippen LogP contribution in [0.1, 0.15) is 35.8 Å². The lowest BCUT2D eigenvalue weighted by Gasteiger charge is -2.31. The minimum absolute atomic E-state index is 0.0120. The molecule has 14 heteroatoms. The molecule has 0 saturated heterocycles. The van der Waals surface area contributed by atoms with Crippen LogP contribution in [0.15, 0.2) is 47.5 Å². The summed E-state index contributed by atoms with van der Waals surface area (Å²) < 4.78 is 76.8. The van der Waals surface area contributed by atoms with Crippen LogP contribution in [-0.2, 0) is 36.7 Å². The molecule has 4 rings (SSSR count). The van der Waals surface area contributed by atoms with E-state index in [0.29, 0.717) is 23.5 Å². The summed E-state index contributed by atoms with van der Waals surface area (Å²) in [5.41, 5.74) is -0.0671. The first-order valence-corrected chi connectivity index (χ1v) is 12.6. The van der Waals surface area contributed by atoms with Gasteiger partial charge in [-0.15, -0.1) is 11.3 Å². The van der Waals surface area contributed by atoms with Crippen LogP contribution in [0.25, 0.3) is 0 Å². The second-order valence-electron chi connectivity index (χ2n) is 8.51. The van der Waals surface area contributed by atoms with Gasteiger partial charge in [-0.25, -0.2) is 4.79 Å². The number of alkyl halides is 4. The lowest BCUT2D eigenvalue weighted by Crippen LogP contribution is -2.44. The summed E-state index contributed by atoms with van der Waals surface area (Å²) in [6.45, 7) is 2.59. The average molecular weight is 570 g/mol. The van der Waals surface area contributed by atoms with Crippen LogP contribution in [0, 0.1) is 11.3 Å². The van der Waals surface area contributed by atoms with E-state index in [2.05, 4.69) is 11.4 Å². The molecule has 0 unspecified atom stereocenters. The van der Waals surface area contributed by atoms with E-state index in [-0.39, 0.29) is 37.8 Å². The van der Waals surface area contributed by atoms with E-state index in [0.717, 1.165) is 36.2 Å². The number of nitrogens with zero attached hydrogens (tertiary/aromatic N) is 2. The Bertz CT molecular complexity index is 1340. The number of carbonyl (C=O) groups excluding carboxylic acids is 2. The van der Waals surface area contributed by atoms with Crippen molar-refractivity contribution in [3.05, 3.63) is 63.5 Å². The number of nitrogens with one attached hydrogen (secondary N) is 1. The Balaban J connectivity index is 1.37. The SMILES string of the molecule is CCOC(=O)N1CCc2c(sc(NC(=O)CCC3=COC(C4=C(OC)C=CC(F)(F)C4(F)F)=CO3)c2C#N)C1. The molecule has 9 nitrogen and oxygen atoms in total. The van der Waals surface area contributed by atoms with Gasteiger partial charge in [0.05, 0.1) is 25.8 Å². The fourth-order valence-electron chi connectivity index (χ4n) is 4.09. The second kappa shape index (κ2) is 11.0. The van der Waals surface area contributed by atoms with Crippen molar-refractivity contribution in [2.45, 2.75) is 44.6 Å². The van der Waals surface area contributed by atoms with Crippen LogP contribution < -0.4 is 5.32 Å². The smallest absolute Gasteiger partial charge is 0.410 e. The molecule has 2 aliphatic heterocycles. The molecule has 0 radical (unpaired) electrons. The van der Waals surface area contributed by atoms with Gasteiger partial charge in [0.1, 0.15) is 40.7 Å². The Morgan fingerprint density at radius 1 is 1.26 bits per heavy atom. The largest absolute Gasteiger partial charge is 0.496 e. The maximum atomic E-state index is 14.4. The van der Waals surface area contributed by atoms with Crippen molar-refractivity contribution in [2.75, 3.05) is 25.6 Å². The molecule has 3 aliphatic rings. The van der Waals surface area contributed by atoms with E-state index in [1.807, 2.05) is 0 Å². The molecule has 208 valence electrons. The molecular formula is C25H23F4N3O6S. The normalized spacial score (nSPS) is 19.1. The Kier molecular flexibility index (Phi) is 7.91. The Morgan fingerprint density at radius 3 is 2.67 bits per heavy atom. The summed E-state index contributed by atoms with van der Waals surface area (Å²) in [6, 6.07) is 2.10. The molecule has 0 bridgehead atoms. The van der Waals surface area contributed by atoms with Gasteiger partial charge < -0.3 is 29.2 Å². The lowest BCUT2D eigenvalue weighted by atomic mass is 9.94. The zero-order chi connectivity index (χ0) is 28.4. The van der Waals surface area contributed by atoms with Gasteiger partial charge in [0, 0.05) is 24.3 Å². The number of hydrogen-bond acceptors (Lipinski definition) is 8. The number of thiophene rings is 1. The lowest BCUT2D eigenvalue weighted by molar-refractivity contribution is -0.158.